The van der Waals surface area contributed by atoms with Gasteiger partial charge in [-0.2, -0.15) is 0 Å². The number of methoxy groups -OCH3 is 1. The van der Waals surface area contributed by atoms with Crippen molar-refractivity contribution in [3.05, 3.63) is 0 Å². The zero-order valence-corrected chi connectivity index (χ0v) is 12.5. The molecular weight excluding hydrogens is 214 g/mol. The first-order valence-electron chi connectivity index (χ1n) is 6.13. The Bertz CT molecular complexity index is 300. The van der Waals surface area contributed by atoms with Crippen molar-refractivity contribution < 1.29 is 4.74 Å². The van der Waals surface area contributed by atoms with E-state index in [1.54, 1.807) is 7.11 Å². The van der Waals surface area contributed by atoms with Crippen LogP contribution < -0.4 is 0 Å². The van der Waals surface area contributed by atoms with Gasteiger partial charge in [0.05, 0.1) is 11.6 Å². The van der Waals surface area contributed by atoms with Gasteiger partial charge in [-0.05, 0) is 13.3 Å². The highest BCUT2D eigenvalue weighted by atomic mass is 16.5. The van der Waals surface area contributed by atoms with Crippen LogP contribution in [0.1, 0.15) is 27.2 Å². The summed E-state index contributed by atoms with van der Waals surface area (Å²) < 4.78 is 5.63. The van der Waals surface area contributed by atoms with Gasteiger partial charge in [0.2, 0.25) is 0 Å². The lowest BCUT2D eigenvalue weighted by atomic mass is 9.56. The fraction of sp³-hybridized carbons (Fsp3) is 0.923. The molecule has 0 aromatic heterocycles. The number of ether oxygens (including phenoxy) is 1. The molecule has 1 aliphatic carbocycles. The first-order valence-corrected chi connectivity index (χ1v) is 6.13. The van der Waals surface area contributed by atoms with Gasteiger partial charge in [0, 0.05) is 40.7 Å². The van der Waals surface area contributed by atoms with Gasteiger partial charge in [0.15, 0.2) is 5.96 Å². The van der Waals surface area contributed by atoms with Crippen molar-refractivity contribution in [1.29, 1.82) is 0 Å². The van der Waals surface area contributed by atoms with Crippen LogP contribution in [0.15, 0.2) is 4.99 Å². The van der Waals surface area contributed by atoms with E-state index in [0.29, 0.717) is 6.04 Å². The zero-order chi connectivity index (χ0) is 13.4. The average Bonchev–Trinajstić information content (AvgIpc) is 2.22. The molecule has 0 amide bonds. The second-order valence-electron chi connectivity index (χ2n) is 6.09. The SMILES string of the molecule is COC1(C)CC(N=C(N(C)C)N(C)C)C1(C)C. The van der Waals surface area contributed by atoms with Crippen LogP contribution in [0.5, 0.6) is 0 Å². The van der Waals surface area contributed by atoms with Crippen molar-refractivity contribution in [3.8, 4) is 0 Å². The minimum Gasteiger partial charge on any atom is -0.378 e. The molecule has 4 nitrogen and oxygen atoms in total. The maximum atomic E-state index is 5.63. The third-order valence-electron chi connectivity index (χ3n) is 4.30. The summed E-state index contributed by atoms with van der Waals surface area (Å²) in [6.45, 7) is 6.64. The second kappa shape index (κ2) is 4.48. The quantitative estimate of drug-likeness (QED) is 0.544. The molecule has 17 heavy (non-hydrogen) atoms. The highest BCUT2D eigenvalue weighted by Crippen LogP contribution is 2.53. The van der Waals surface area contributed by atoms with Crippen LogP contribution in [0.2, 0.25) is 0 Å². The number of aliphatic imine (C=N–C) groups is 1. The molecule has 1 aliphatic rings. The van der Waals surface area contributed by atoms with Gasteiger partial charge < -0.3 is 14.5 Å². The Morgan fingerprint density at radius 3 is 1.88 bits per heavy atom. The summed E-state index contributed by atoms with van der Waals surface area (Å²) >= 11 is 0. The maximum absolute atomic E-state index is 5.63. The first-order chi connectivity index (χ1) is 7.65. The zero-order valence-electron chi connectivity index (χ0n) is 12.5. The summed E-state index contributed by atoms with van der Waals surface area (Å²) in [6, 6.07) is 0.326. The van der Waals surface area contributed by atoms with E-state index in [2.05, 4.69) is 30.6 Å². The molecule has 4 heteroatoms. The molecule has 0 aromatic carbocycles. The first kappa shape index (κ1) is 14.3. The average molecular weight is 241 g/mol. The Kier molecular flexibility index (Phi) is 3.77. The van der Waals surface area contributed by atoms with E-state index in [-0.39, 0.29) is 11.0 Å². The number of guanidine groups is 1. The van der Waals surface area contributed by atoms with Crippen molar-refractivity contribution in [3.63, 3.8) is 0 Å². The molecule has 0 saturated heterocycles. The Morgan fingerprint density at radius 2 is 1.59 bits per heavy atom. The van der Waals surface area contributed by atoms with Gasteiger partial charge in [0.25, 0.3) is 0 Å². The largest absolute Gasteiger partial charge is 0.378 e. The van der Waals surface area contributed by atoms with Crippen LogP contribution in [0.25, 0.3) is 0 Å². The molecule has 0 aromatic rings. The topological polar surface area (TPSA) is 28.1 Å². The van der Waals surface area contributed by atoms with Crippen molar-refractivity contribution in [2.24, 2.45) is 10.4 Å². The summed E-state index contributed by atoms with van der Waals surface area (Å²) in [5, 5.41) is 0. The minimum atomic E-state index is -0.0507. The molecule has 0 radical (unpaired) electrons. The molecule has 0 N–H and O–H groups in total. The molecule has 0 bridgehead atoms. The molecule has 2 unspecified atom stereocenters. The van der Waals surface area contributed by atoms with E-state index >= 15 is 0 Å². The number of nitrogens with zero attached hydrogens (tertiary/aromatic N) is 3. The molecular formula is C13H27N3O. The summed E-state index contributed by atoms with van der Waals surface area (Å²) in [5.74, 6) is 1.02. The number of hydrogen-bond acceptors (Lipinski definition) is 2. The third-order valence-corrected chi connectivity index (χ3v) is 4.30. The summed E-state index contributed by atoms with van der Waals surface area (Å²) in [6.07, 6.45) is 0.988. The summed E-state index contributed by atoms with van der Waals surface area (Å²) in [4.78, 5) is 8.97. The van der Waals surface area contributed by atoms with Gasteiger partial charge >= 0.3 is 0 Å². The van der Waals surface area contributed by atoms with Crippen LogP contribution in [-0.2, 0) is 4.74 Å². The molecule has 0 heterocycles. The molecule has 100 valence electrons. The third kappa shape index (κ3) is 2.28. The maximum Gasteiger partial charge on any atom is 0.195 e. The smallest absolute Gasteiger partial charge is 0.195 e. The number of rotatable bonds is 2. The highest BCUT2D eigenvalue weighted by molar-refractivity contribution is 5.79. The van der Waals surface area contributed by atoms with E-state index in [0.717, 1.165) is 12.4 Å². The van der Waals surface area contributed by atoms with Crippen LogP contribution in [0.3, 0.4) is 0 Å². The molecule has 0 aliphatic heterocycles. The van der Waals surface area contributed by atoms with Gasteiger partial charge in [-0.25, -0.2) is 4.99 Å². The predicted octanol–water partition coefficient (Wildman–Crippen LogP) is 1.67. The molecule has 2 atom stereocenters. The van der Waals surface area contributed by atoms with Crippen LogP contribution in [0.4, 0.5) is 0 Å². The fourth-order valence-electron chi connectivity index (χ4n) is 2.43. The predicted molar refractivity (Wildman–Crippen MR) is 72.4 cm³/mol. The Labute approximate surface area is 106 Å². The van der Waals surface area contributed by atoms with Crippen LogP contribution in [-0.4, -0.2) is 62.7 Å². The van der Waals surface area contributed by atoms with E-state index in [1.165, 1.54) is 0 Å². The lowest BCUT2D eigenvalue weighted by Crippen LogP contribution is -2.63. The van der Waals surface area contributed by atoms with Gasteiger partial charge in [-0.1, -0.05) is 13.8 Å². The van der Waals surface area contributed by atoms with Crippen LogP contribution in [0, 0.1) is 5.41 Å². The van der Waals surface area contributed by atoms with Gasteiger partial charge in [0.1, 0.15) is 0 Å². The minimum absolute atomic E-state index is 0.0507. The Hall–Kier alpha value is -0.770. The lowest BCUT2D eigenvalue weighted by Gasteiger charge is -2.57. The van der Waals surface area contributed by atoms with E-state index in [9.17, 15) is 0 Å². The summed E-state index contributed by atoms with van der Waals surface area (Å²) in [5.41, 5.74) is 0.0317. The lowest BCUT2D eigenvalue weighted by molar-refractivity contribution is -0.171. The molecule has 1 fully saturated rings. The van der Waals surface area contributed by atoms with Crippen LogP contribution >= 0.6 is 0 Å². The van der Waals surface area contributed by atoms with E-state index in [1.807, 2.05) is 28.2 Å². The summed E-state index contributed by atoms with van der Waals surface area (Å²) in [7, 11) is 9.90. The Morgan fingerprint density at radius 1 is 1.12 bits per heavy atom. The molecule has 1 rings (SSSR count). The Balaban J connectivity index is 2.88. The normalized spacial score (nSPS) is 30.5. The van der Waals surface area contributed by atoms with E-state index in [4.69, 9.17) is 9.73 Å². The van der Waals surface area contributed by atoms with Crippen molar-refractivity contribution in [1.82, 2.24) is 9.80 Å². The second-order valence-corrected chi connectivity index (χ2v) is 6.09. The van der Waals surface area contributed by atoms with Gasteiger partial charge in [-0.3, -0.25) is 0 Å². The monoisotopic (exact) mass is 241 g/mol. The standard InChI is InChI=1S/C13H27N3O/c1-12(2)10(9-13(12,3)17-8)14-11(15(4)5)16(6)7/h10H,9H2,1-8H3. The number of hydrogen-bond donors (Lipinski definition) is 0. The van der Waals surface area contributed by atoms with Crippen molar-refractivity contribution in [2.75, 3.05) is 35.3 Å². The van der Waals surface area contributed by atoms with E-state index < -0.39 is 0 Å². The molecule has 0 spiro atoms. The van der Waals surface area contributed by atoms with Gasteiger partial charge in [-0.15, -0.1) is 0 Å². The van der Waals surface area contributed by atoms with Crippen molar-refractivity contribution >= 4 is 5.96 Å². The molecule has 1 saturated carbocycles. The fourth-order valence-corrected chi connectivity index (χ4v) is 2.43. The van der Waals surface area contributed by atoms with Crippen molar-refractivity contribution in [2.45, 2.75) is 38.8 Å². The highest BCUT2D eigenvalue weighted by Gasteiger charge is 2.58.